The quantitative estimate of drug-likeness (QED) is 0.899. The average Bonchev–Trinajstić information content (AvgIpc) is 2.63. The van der Waals surface area contributed by atoms with Gasteiger partial charge in [-0.25, -0.2) is 0 Å². The molecule has 0 bridgehead atoms. The van der Waals surface area contributed by atoms with Gasteiger partial charge in [0, 0.05) is 5.02 Å². The predicted octanol–water partition coefficient (Wildman–Crippen LogP) is 3.79. The molecule has 2 rings (SSSR count). The molecule has 17 heavy (non-hydrogen) atoms. The Hall–Kier alpha value is -1.25. The van der Waals surface area contributed by atoms with Gasteiger partial charge in [-0.3, -0.25) is 0 Å². The first-order chi connectivity index (χ1) is 8.08. The minimum Gasteiger partial charge on any atom is -0.464 e. The molecule has 1 atom stereocenters. The molecular weight excluding hydrogens is 234 g/mol. The molecule has 1 unspecified atom stereocenters. The van der Waals surface area contributed by atoms with Crippen LogP contribution in [0.4, 0.5) is 0 Å². The maximum atomic E-state index is 6.13. The van der Waals surface area contributed by atoms with Gasteiger partial charge >= 0.3 is 0 Å². The molecule has 1 aromatic carbocycles. The van der Waals surface area contributed by atoms with Crippen LogP contribution in [0, 0.1) is 13.8 Å². The first-order valence-corrected chi connectivity index (χ1v) is 6.01. The Morgan fingerprint density at radius 3 is 2.59 bits per heavy atom. The highest BCUT2D eigenvalue weighted by molar-refractivity contribution is 6.31. The van der Waals surface area contributed by atoms with Crippen LogP contribution in [0.15, 0.2) is 34.7 Å². The Morgan fingerprint density at radius 2 is 2.00 bits per heavy atom. The second-order valence-corrected chi connectivity index (χ2v) is 4.70. The van der Waals surface area contributed by atoms with Crippen LogP contribution in [0.25, 0.3) is 0 Å². The van der Waals surface area contributed by atoms with Gasteiger partial charge in [-0.15, -0.1) is 0 Å². The molecular formula is C14H16ClNO. The molecule has 3 heteroatoms. The summed E-state index contributed by atoms with van der Waals surface area (Å²) >= 11 is 6.11. The summed E-state index contributed by atoms with van der Waals surface area (Å²) < 4.78 is 5.62. The number of furan rings is 1. The van der Waals surface area contributed by atoms with Crippen molar-refractivity contribution >= 4 is 11.6 Å². The molecule has 2 aromatic rings. The van der Waals surface area contributed by atoms with E-state index in [0.29, 0.717) is 6.42 Å². The fraction of sp³-hybridized carbons (Fsp3) is 0.286. The molecule has 0 aliphatic carbocycles. The number of benzene rings is 1. The molecule has 0 amide bonds. The largest absolute Gasteiger partial charge is 0.464 e. The summed E-state index contributed by atoms with van der Waals surface area (Å²) in [5, 5.41) is 0.753. The highest BCUT2D eigenvalue weighted by Gasteiger charge is 2.14. The van der Waals surface area contributed by atoms with E-state index < -0.39 is 0 Å². The fourth-order valence-electron chi connectivity index (χ4n) is 1.79. The maximum absolute atomic E-state index is 6.13. The van der Waals surface area contributed by atoms with Gasteiger partial charge in [0.2, 0.25) is 0 Å². The van der Waals surface area contributed by atoms with Gasteiger partial charge in [-0.2, -0.15) is 0 Å². The van der Waals surface area contributed by atoms with Gasteiger partial charge in [-0.1, -0.05) is 29.8 Å². The van der Waals surface area contributed by atoms with E-state index in [1.807, 2.05) is 44.2 Å². The summed E-state index contributed by atoms with van der Waals surface area (Å²) in [6.07, 6.45) is 0.687. The van der Waals surface area contributed by atoms with Crippen molar-refractivity contribution in [1.29, 1.82) is 0 Å². The molecule has 2 nitrogen and oxygen atoms in total. The van der Waals surface area contributed by atoms with Crippen molar-refractivity contribution < 1.29 is 4.42 Å². The minimum atomic E-state index is -0.151. The molecule has 90 valence electrons. The van der Waals surface area contributed by atoms with Crippen molar-refractivity contribution in [3.63, 3.8) is 0 Å². The average molecular weight is 250 g/mol. The van der Waals surface area contributed by atoms with Crippen molar-refractivity contribution in [3.8, 4) is 0 Å². The number of halogens is 1. The van der Waals surface area contributed by atoms with E-state index in [-0.39, 0.29) is 6.04 Å². The zero-order chi connectivity index (χ0) is 12.4. The minimum absolute atomic E-state index is 0.151. The van der Waals surface area contributed by atoms with Crippen molar-refractivity contribution in [2.24, 2.45) is 5.73 Å². The van der Waals surface area contributed by atoms with Crippen molar-refractivity contribution in [2.75, 3.05) is 0 Å². The lowest BCUT2D eigenvalue weighted by molar-refractivity contribution is 0.444. The van der Waals surface area contributed by atoms with Crippen LogP contribution in [0.1, 0.15) is 28.7 Å². The Bertz CT molecular complexity index is 499. The second kappa shape index (κ2) is 4.94. The zero-order valence-electron chi connectivity index (χ0n) is 10.0. The van der Waals surface area contributed by atoms with Gasteiger partial charge < -0.3 is 10.2 Å². The number of rotatable bonds is 3. The highest BCUT2D eigenvalue weighted by atomic mass is 35.5. The number of aryl methyl sites for hydroxylation is 2. The van der Waals surface area contributed by atoms with Gasteiger partial charge in [0.05, 0.1) is 6.04 Å². The zero-order valence-corrected chi connectivity index (χ0v) is 10.8. The third kappa shape index (κ3) is 2.71. The first-order valence-electron chi connectivity index (χ1n) is 5.64. The van der Waals surface area contributed by atoms with E-state index in [9.17, 15) is 0 Å². The second-order valence-electron chi connectivity index (χ2n) is 4.29. The number of nitrogens with two attached hydrogens (primary N) is 1. The third-order valence-electron chi connectivity index (χ3n) is 2.95. The summed E-state index contributed by atoms with van der Waals surface area (Å²) in [6.45, 7) is 3.96. The number of hydrogen-bond donors (Lipinski definition) is 1. The van der Waals surface area contributed by atoms with Gasteiger partial charge in [0.1, 0.15) is 11.5 Å². The van der Waals surface area contributed by atoms with E-state index in [4.69, 9.17) is 21.8 Å². The fourth-order valence-corrected chi connectivity index (χ4v) is 2.00. The summed E-state index contributed by atoms with van der Waals surface area (Å²) in [4.78, 5) is 0. The van der Waals surface area contributed by atoms with E-state index in [1.165, 1.54) is 0 Å². The molecule has 0 aliphatic rings. The van der Waals surface area contributed by atoms with Crippen LogP contribution in [0.3, 0.4) is 0 Å². The predicted molar refractivity (Wildman–Crippen MR) is 70.3 cm³/mol. The summed E-state index contributed by atoms with van der Waals surface area (Å²) in [6, 6.07) is 9.59. The number of hydrogen-bond acceptors (Lipinski definition) is 2. The van der Waals surface area contributed by atoms with Crippen molar-refractivity contribution in [1.82, 2.24) is 0 Å². The molecule has 0 radical (unpaired) electrons. The summed E-state index contributed by atoms with van der Waals surface area (Å²) in [7, 11) is 0. The Kier molecular flexibility index (Phi) is 3.55. The lowest BCUT2D eigenvalue weighted by atomic mass is 10.0. The van der Waals surface area contributed by atoms with E-state index in [0.717, 1.165) is 27.7 Å². The van der Waals surface area contributed by atoms with E-state index >= 15 is 0 Å². The van der Waals surface area contributed by atoms with Crippen LogP contribution in [0.5, 0.6) is 0 Å². The molecule has 0 aliphatic heterocycles. The monoisotopic (exact) mass is 249 g/mol. The maximum Gasteiger partial charge on any atom is 0.121 e. The van der Waals surface area contributed by atoms with Crippen LogP contribution in [-0.4, -0.2) is 0 Å². The van der Waals surface area contributed by atoms with Crippen LogP contribution >= 0.6 is 11.6 Å². The molecule has 0 fully saturated rings. The molecule has 0 saturated carbocycles. The Labute approximate surface area is 106 Å². The topological polar surface area (TPSA) is 39.2 Å². The van der Waals surface area contributed by atoms with Crippen LogP contribution in [-0.2, 0) is 6.42 Å². The standard InChI is InChI=1S/C14H16ClNO/c1-9-7-14(17-10(9)2)13(16)8-11-5-3-4-6-12(11)15/h3-7,13H,8,16H2,1-2H3. The lowest BCUT2D eigenvalue weighted by Gasteiger charge is -2.10. The summed E-state index contributed by atoms with van der Waals surface area (Å²) in [5.41, 5.74) is 8.31. The lowest BCUT2D eigenvalue weighted by Crippen LogP contribution is -2.12. The smallest absolute Gasteiger partial charge is 0.121 e. The Morgan fingerprint density at radius 1 is 1.29 bits per heavy atom. The SMILES string of the molecule is Cc1cc(C(N)Cc2ccccc2Cl)oc1C. The third-order valence-corrected chi connectivity index (χ3v) is 3.32. The van der Waals surface area contributed by atoms with Gasteiger partial charge in [-0.05, 0) is 43.5 Å². The molecule has 0 saturated heterocycles. The van der Waals surface area contributed by atoms with Crippen LogP contribution < -0.4 is 5.73 Å². The summed E-state index contributed by atoms with van der Waals surface area (Å²) in [5.74, 6) is 1.74. The van der Waals surface area contributed by atoms with E-state index in [2.05, 4.69) is 0 Å². The van der Waals surface area contributed by atoms with Crippen LogP contribution in [0.2, 0.25) is 5.02 Å². The van der Waals surface area contributed by atoms with Gasteiger partial charge in [0.15, 0.2) is 0 Å². The highest BCUT2D eigenvalue weighted by Crippen LogP contribution is 2.24. The van der Waals surface area contributed by atoms with E-state index in [1.54, 1.807) is 0 Å². The van der Waals surface area contributed by atoms with Crippen molar-refractivity contribution in [3.05, 3.63) is 58.0 Å². The molecule has 0 spiro atoms. The first kappa shape index (κ1) is 12.2. The van der Waals surface area contributed by atoms with Gasteiger partial charge in [0.25, 0.3) is 0 Å². The molecule has 2 N–H and O–H groups in total. The van der Waals surface area contributed by atoms with Crippen molar-refractivity contribution in [2.45, 2.75) is 26.3 Å². The Balaban J connectivity index is 2.17. The normalized spacial score (nSPS) is 12.7. The molecule has 1 aromatic heterocycles. The molecule has 1 heterocycles.